The third-order valence-electron chi connectivity index (χ3n) is 4.03. The minimum Gasteiger partial charge on any atom is -0.490 e. The monoisotopic (exact) mass is 342 g/mol. The van der Waals surface area contributed by atoms with E-state index in [4.69, 9.17) is 9.84 Å². The van der Waals surface area contributed by atoms with Gasteiger partial charge in [0.2, 0.25) is 5.82 Å². The molecule has 1 aromatic carbocycles. The van der Waals surface area contributed by atoms with E-state index < -0.39 is 23.2 Å². The van der Waals surface area contributed by atoms with E-state index in [0.29, 0.717) is 6.61 Å². The van der Waals surface area contributed by atoms with Crippen molar-refractivity contribution in [1.29, 1.82) is 0 Å². The molecule has 0 aliphatic rings. The van der Waals surface area contributed by atoms with Gasteiger partial charge in [-0.2, -0.15) is 4.39 Å². The number of ether oxygens (including phenoxy) is 1. The van der Waals surface area contributed by atoms with Crippen molar-refractivity contribution in [1.82, 2.24) is 0 Å². The highest BCUT2D eigenvalue weighted by Gasteiger charge is 2.18. The van der Waals surface area contributed by atoms with Crippen LogP contribution in [0.2, 0.25) is 0 Å². The Kier molecular flexibility index (Phi) is 10.0. The van der Waals surface area contributed by atoms with Crippen LogP contribution in [0.25, 0.3) is 0 Å². The van der Waals surface area contributed by atoms with E-state index in [2.05, 4.69) is 6.92 Å². The second-order valence-corrected chi connectivity index (χ2v) is 6.07. The van der Waals surface area contributed by atoms with Crippen LogP contribution >= 0.6 is 0 Å². The van der Waals surface area contributed by atoms with Gasteiger partial charge < -0.3 is 9.84 Å². The van der Waals surface area contributed by atoms with E-state index in [9.17, 15) is 13.6 Å². The number of carboxylic acids is 1. The van der Waals surface area contributed by atoms with Crippen LogP contribution in [0.1, 0.15) is 81.5 Å². The molecule has 0 aliphatic heterocycles. The van der Waals surface area contributed by atoms with Crippen LogP contribution in [-0.4, -0.2) is 17.7 Å². The summed E-state index contributed by atoms with van der Waals surface area (Å²) in [6.07, 6.45) is 11.9. The van der Waals surface area contributed by atoms with E-state index >= 15 is 0 Å². The van der Waals surface area contributed by atoms with Crippen molar-refractivity contribution in [2.75, 3.05) is 6.61 Å². The lowest BCUT2D eigenvalue weighted by atomic mass is 10.1. The highest BCUT2D eigenvalue weighted by Crippen LogP contribution is 2.23. The zero-order valence-electron chi connectivity index (χ0n) is 14.5. The molecule has 0 aromatic heterocycles. The average Bonchev–Trinajstić information content (AvgIpc) is 2.56. The number of hydrogen-bond donors (Lipinski definition) is 1. The van der Waals surface area contributed by atoms with E-state index in [1.54, 1.807) is 0 Å². The highest BCUT2D eigenvalue weighted by atomic mass is 19.2. The SMILES string of the molecule is CCCCCCCCCCCCOc1ccc(C(=O)O)c(F)c1F. The Bertz CT molecular complexity index is 504. The minimum atomic E-state index is -1.49. The third-order valence-corrected chi connectivity index (χ3v) is 4.03. The first-order valence-corrected chi connectivity index (χ1v) is 8.92. The molecular formula is C19H28F2O3. The molecule has 0 amide bonds. The molecule has 0 saturated carbocycles. The van der Waals surface area contributed by atoms with Gasteiger partial charge in [0.25, 0.3) is 0 Å². The largest absolute Gasteiger partial charge is 0.490 e. The number of halogens is 2. The molecular weight excluding hydrogens is 314 g/mol. The normalized spacial score (nSPS) is 10.8. The Hall–Kier alpha value is -1.65. The summed E-state index contributed by atoms with van der Waals surface area (Å²) < 4.78 is 32.4. The predicted molar refractivity (Wildman–Crippen MR) is 90.7 cm³/mol. The molecule has 136 valence electrons. The summed E-state index contributed by atoms with van der Waals surface area (Å²) in [5.41, 5.74) is -0.682. The van der Waals surface area contributed by atoms with Crippen molar-refractivity contribution in [3.05, 3.63) is 29.3 Å². The fraction of sp³-hybridized carbons (Fsp3) is 0.632. The number of benzene rings is 1. The molecule has 0 radical (unpaired) electrons. The molecule has 3 nitrogen and oxygen atoms in total. The number of unbranched alkanes of at least 4 members (excludes halogenated alkanes) is 9. The summed E-state index contributed by atoms with van der Waals surface area (Å²) in [5.74, 6) is -4.33. The maximum absolute atomic E-state index is 13.7. The zero-order valence-corrected chi connectivity index (χ0v) is 14.5. The Morgan fingerprint density at radius 3 is 2.00 bits per heavy atom. The molecule has 0 fully saturated rings. The summed E-state index contributed by atoms with van der Waals surface area (Å²) in [6, 6.07) is 2.19. The first-order chi connectivity index (χ1) is 11.6. The molecule has 1 aromatic rings. The molecule has 0 bridgehead atoms. The molecule has 1 N–H and O–H groups in total. The molecule has 0 spiro atoms. The summed E-state index contributed by atoms with van der Waals surface area (Å²) in [6.45, 7) is 2.52. The molecule has 0 unspecified atom stereocenters. The van der Waals surface area contributed by atoms with Crippen LogP contribution in [-0.2, 0) is 0 Å². The lowest BCUT2D eigenvalue weighted by Gasteiger charge is -2.09. The summed E-state index contributed by atoms with van der Waals surface area (Å²) >= 11 is 0. The van der Waals surface area contributed by atoms with Crippen LogP contribution in [0.4, 0.5) is 8.78 Å². The molecule has 0 heterocycles. The van der Waals surface area contributed by atoms with Crippen molar-refractivity contribution in [3.8, 4) is 5.75 Å². The quantitative estimate of drug-likeness (QED) is 0.450. The van der Waals surface area contributed by atoms with Crippen molar-refractivity contribution in [2.24, 2.45) is 0 Å². The number of carboxylic acid groups (broad SMARTS) is 1. The van der Waals surface area contributed by atoms with Crippen molar-refractivity contribution < 1.29 is 23.4 Å². The summed E-state index contributed by atoms with van der Waals surface area (Å²) in [7, 11) is 0. The second kappa shape index (κ2) is 11.8. The molecule has 1 rings (SSSR count). The lowest BCUT2D eigenvalue weighted by molar-refractivity contribution is 0.0690. The second-order valence-electron chi connectivity index (χ2n) is 6.07. The Labute approximate surface area is 143 Å². The van der Waals surface area contributed by atoms with Crippen LogP contribution in [0.15, 0.2) is 12.1 Å². The molecule has 0 atom stereocenters. The zero-order chi connectivity index (χ0) is 17.8. The smallest absolute Gasteiger partial charge is 0.338 e. The summed E-state index contributed by atoms with van der Waals surface area (Å²) in [5, 5.41) is 8.71. The van der Waals surface area contributed by atoms with Crippen LogP contribution in [0, 0.1) is 11.6 Å². The third kappa shape index (κ3) is 7.28. The number of rotatable bonds is 13. The number of carbonyl (C=O) groups is 1. The topological polar surface area (TPSA) is 46.5 Å². The van der Waals surface area contributed by atoms with Gasteiger partial charge in [-0.15, -0.1) is 0 Å². The van der Waals surface area contributed by atoms with Gasteiger partial charge >= 0.3 is 5.97 Å². The number of aromatic carboxylic acids is 1. The van der Waals surface area contributed by atoms with Crippen LogP contribution < -0.4 is 4.74 Å². The van der Waals surface area contributed by atoms with E-state index in [1.165, 1.54) is 44.9 Å². The molecule has 24 heavy (non-hydrogen) atoms. The van der Waals surface area contributed by atoms with Crippen molar-refractivity contribution in [2.45, 2.75) is 71.1 Å². The van der Waals surface area contributed by atoms with Gasteiger partial charge in [-0.3, -0.25) is 0 Å². The van der Waals surface area contributed by atoms with Gasteiger partial charge in [0.05, 0.1) is 12.2 Å². The van der Waals surface area contributed by atoms with Gasteiger partial charge in [-0.05, 0) is 18.6 Å². The maximum Gasteiger partial charge on any atom is 0.338 e. The fourth-order valence-corrected chi connectivity index (χ4v) is 2.58. The number of hydrogen-bond acceptors (Lipinski definition) is 2. The van der Waals surface area contributed by atoms with Gasteiger partial charge in [-0.1, -0.05) is 64.7 Å². The van der Waals surface area contributed by atoms with Gasteiger partial charge in [0, 0.05) is 0 Å². The lowest BCUT2D eigenvalue weighted by Crippen LogP contribution is -2.06. The first-order valence-electron chi connectivity index (χ1n) is 8.92. The average molecular weight is 342 g/mol. The van der Waals surface area contributed by atoms with Crippen molar-refractivity contribution >= 4 is 5.97 Å². The fourth-order valence-electron chi connectivity index (χ4n) is 2.58. The predicted octanol–water partition coefficient (Wildman–Crippen LogP) is 5.96. The van der Waals surface area contributed by atoms with Gasteiger partial charge in [0.1, 0.15) is 0 Å². The van der Waals surface area contributed by atoms with Gasteiger partial charge in [-0.25, -0.2) is 9.18 Å². The summed E-state index contributed by atoms with van der Waals surface area (Å²) in [4.78, 5) is 10.7. The molecule has 0 saturated heterocycles. The van der Waals surface area contributed by atoms with E-state index in [1.807, 2.05) is 0 Å². The Balaban J connectivity index is 2.13. The van der Waals surface area contributed by atoms with Gasteiger partial charge in [0.15, 0.2) is 11.6 Å². The highest BCUT2D eigenvalue weighted by molar-refractivity contribution is 5.88. The van der Waals surface area contributed by atoms with E-state index in [-0.39, 0.29) is 5.75 Å². The van der Waals surface area contributed by atoms with E-state index in [0.717, 1.165) is 31.4 Å². The molecule has 0 aliphatic carbocycles. The van der Waals surface area contributed by atoms with Crippen LogP contribution in [0.3, 0.4) is 0 Å². The Morgan fingerprint density at radius 2 is 1.46 bits per heavy atom. The van der Waals surface area contributed by atoms with Crippen LogP contribution in [0.5, 0.6) is 5.75 Å². The standard InChI is InChI=1S/C19H28F2O3/c1-2-3-4-5-6-7-8-9-10-11-14-24-16-13-12-15(19(22)23)17(20)18(16)21/h12-13H,2-11,14H2,1H3,(H,22,23). The Morgan fingerprint density at radius 1 is 0.917 bits per heavy atom. The van der Waals surface area contributed by atoms with Crippen molar-refractivity contribution in [3.63, 3.8) is 0 Å². The minimum absolute atomic E-state index is 0.228. The first kappa shape index (κ1) is 20.4. The maximum atomic E-state index is 13.7. The molecule has 5 heteroatoms.